The van der Waals surface area contributed by atoms with Crippen LogP contribution in [0.4, 0.5) is 0 Å². The summed E-state index contributed by atoms with van der Waals surface area (Å²) in [5.74, 6) is -0.345. The van der Waals surface area contributed by atoms with Crippen molar-refractivity contribution >= 4 is 28.4 Å². The average Bonchev–Trinajstić information content (AvgIpc) is 3.14. The van der Waals surface area contributed by atoms with Crippen LogP contribution in [0.3, 0.4) is 0 Å². The van der Waals surface area contributed by atoms with Gasteiger partial charge in [0.25, 0.3) is 0 Å². The van der Waals surface area contributed by atoms with Crippen LogP contribution in [0.1, 0.15) is 34.6 Å². The predicted octanol–water partition coefficient (Wildman–Crippen LogP) is 5.54. The van der Waals surface area contributed by atoms with E-state index in [0.717, 1.165) is 27.6 Å². The Balaban J connectivity index is 1.71. The highest BCUT2D eigenvalue weighted by Crippen LogP contribution is 2.38. The number of nitrogens with one attached hydrogen (secondary N) is 1. The Morgan fingerprint density at radius 3 is 2.55 bits per heavy atom. The van der Waals surface area contributed by atoms with E-state index in [-0.39, 0.29) is 18.2 Å². The lowest BCUT2D eigenvalue weighted by Gasteiger charge is -2.19. The molecular weight excluding hydrogens is 406 g/mol. The average molecular weight is 428 g/mol. The summed E-state index contributed by atoms with van der Waals surface area (Å²) in [6.07, 6.45) is 2.28. The quantitative estimate of drug-likeness (QED) is 0.439. The highest BCUT2D eigenvalue weighted by Gasteiger charge is 2.25. The first-order chi connectivity index (χ1) is 15.1. The normalized spacial score (nSPS) is 11.8. The molecule has 0 fully saturated rings. The smallest absolute Gasteiger partial charge is 0.221 e. The van der Waals surface area contributed by atoms with Crippen LogP contribution in [0.5, 0.6) is 0 Å². The number of halogens is 1. The van der Waals surface area contributed by atoms with Gasteiger partial charge in [0, 0.05) is 43.0 Å². The zero-order valence-electron chi connectivity index (χ0n) is 17.2. The number of hydrogen-bond donors (Lipinski definition) is 1. The minimum atomic E-state index is -0.275. The summed E-state index contributed by atoms with van der Waals surface area (Å²) in [5.41, 5.74) is 4.34. The van der Waals surface area contributed by atoms with Crippen molar-refractivity contribution in [1.29, 1.82) is 5.26 Å². The minimum absolute atomic E-state index is 0.0692. The zero-order chi connectivity index (χ0) is 21.8. The first-order valence-electron chi connectivity index (χ1n) is 10.1. The molecule has 0 aliphatic rings. The Morgan fingerprint density at radius 1 is 1.03 bits per heavy atom. The summed E-state index contributed by atoms with van der Waals surface area (Å²) >= 11 is 6.61. The highest BCUT2D eigenvalue weighted by molar-refractivity contribution is 6.32. The maximum Gasteiger partial charge on any atom is 0.221 e. The zero-order valence-corrected chi connectivity index (χ0v) is 17.9. The van der Waals surface area contributed by atoms with Gasteiger partial charge in [-0.05, 0) is 28.8 Å². The van der Waals surface area contributed by atoms with Crippen LogP contribution in [-0.4, -0.2) is 10.5 Å². The number of hydrogen-bond acceptors (Lipinski definition) is 2. The molecule has 4 aromatic rings. The van der Waals surface area contributed by atoms with Crippen molar-refractivity contribution in [3.8, 4) is 6.07 Å². The fourth-order valence-corrected chi connectivity index (χ4v) is 4.30. The van der Waals surface area contributed by atoms with Crippen molar-refractivity contribution in [2.24, 2.45) is 7.05 Å². The SMILES string of the molecule is Cn1cc([C@H](CC(=O)NCc2ccccc2)c2cccc(C#N)c2Cl)c2ccccc21. The number of rotatable bonds is 6. The molecule has 0 saturated carbocycles. The number of amides is 1. The van der Waals surface area contributed by atoms with Crippen molar-refractivity contribution < 1.29 is 4.79 Å². The Labute approximate surface area is 186 Å². The van der Waals surface area contributed by atoms with Crippen LogP contribution in [-0.2, 0) is 18.4 Å². The van der Waals surface area contributed by atoms with Crippen LogP contribution in [0.25, 0.3) is 10.9 Å². The second-order valence-corrected chi connectivity index (χ2v) is 7.93. The summed E-state index contributed by atoms with van der Waals surface area (Å²) in [4.78, 5) is 13.0. The van der Waals surface area contributed by atoms with E-state index >= 15 is 0 Å². The van der Waals surface area contributed by atoms with Crippen molar-refractivity contribution in [2.45, 2.75) is 18.9 Å². The first-order valence-corrected chi connectivity index (χ1v) is 10.5. The number of aryl methyl sites for hydroxylation is 1. The summed E-state index contributed by atoms with van der Waals surface area (Å²) in [7, 11) is 1.99. The maximum absolute atomic E-state index is 13.0. The van der Waals surface area contributed by atoms with Gasteiger partial charge in [-0.25, -0.2) is 0 Å². The van der Waals surface area contributed by atoms with Crippen LogP contribution in [0.2, 0.25) is 5.02 Å². The number of fused-ring (bicyclic) bond motifs is 1. The number of carbonyl (C=O) groups excluding carboxylic acids is 1. The molecule has 4 nitrogen and oxygen atoms in total. The van der Waals surface area contributed by atoms with Crippen molar-refractivity contribution in [2.75, 3.05) is 0 Å². The molecule has 0 radical (unpaired) electrons. The number of benzene rings is 3. The lowest BCUT2D eigenvalue weighted by atomic mass is 9.87. The van der Waals surface area contributed by atoms with E-state index in [1.807, 2.05) is 61.6 Å². The lowest BCUT2D eigenvalue weighted by Crippen LogP contribution is -2.25. The van der Waals surface area contributed by atoms with E-state index < -0.39 is 0 Å². The predicted molar refractivity (Wildman–Crippen MR) is 124 cm³/mol. The van der Waals surface area contributed by atoms with Gasteiger partial charge in [0.15, 0.2) is 0 Å². The van der Waals surface area contributed by atoms with E-state index in [1.165, 1.54) is 0 Å². The van der Waals surface area contributed by atoms with Crippen LogP contribution < -0.4 is 5.32 Å². The summed E-state index contributed by atoms with van der Waals surface area (Å²) in [6, 6.07) is 25.5. The second kappa shape index (κ2) is 9.07. The fourth-order valence-electron chi connectivity index (χ4n) is 4.00. The molecule has 5 heteroatoms. The molecule has 154 valence electrons. The van der Waals surface area contributed by atoms with Crippen LogP contribution in [0, 0.1) is 11.3 Å². The van der Waals surface area contributed by atoms with Gasteiger partial charge in [0.05, 0.1) is 10.6 Å². The van der Waals surface area contributed by atoms with Crippen molar-refractivity contribution in [1.82, 2.24) is 9.88 Å². The molecule has 1 N–H and O–H groups in total. The van der Waals surface area contributed by atoms with Gasteiger partial charge < -0.3 is 9.88 Å². The number of para-hydroxylation sites is 1. The Bertz CT molecular complexity index is 1270. The molecule has 0 spiro atoms. The van der Waals surface area contributed by atoms with Gasteiger partial charge >= 0.3 is 0 Å². The Hall–Kier alpha value is -3.55. The molecule has 0 aliphatic heterocycles. The number of aromatic nitrogens is 1. The van der Waals surface area contributed by atoms with Crippen LogP contribution >= 0.6 is 11.6 Å². The first kappa shape index (κ1) is 20.7. The monoisotopic (exact) mass is 427 g/mol. The molecule has 3 aromatic carbocycles. The van der Waals surface area contributed by atoms with E-state index in [0.29, 0.717) is 17.1 Å². The van der Waals surface area contributed by atoms with Gasteiger partial charge in [0.2, 0.25) is 5.91 Å². The molecule has 1 amide bonds. The number of carbonyl (C=O) groups is 1. The molecule has 1 aromatic heterocycles. The molecule has 0 saturated heterocycles. The van der Waals surface area contributed by atoms with Crippen molar-refractivity contribution in [3.05, 3.63) is 106 Å². The minimum Gasteiger partial charge on any atom is -0.352 e. The second-order valence-electron chi connectivity index (χ2n) is 7.55. The van der Waals surface area contributed by atoms with E-state index in [9.17, 15) is 10.1 Å². The third-order valence-corrected chi connectivity index (χ3v) is 5.97. The number of nitriles is 1. The fraction of sp³-hybridized carbons (Fsp3) is 0.154. The van der Waals surface area contributed by atoms with Gasteiger partial charge in [-0.15, -0.1) is 0 Å². The Morgan fingerprint density at radius 2 is 1.77 bits per heavy atom. The topological polar surface area (TPSA) is 57.8 Å². The molecule has 1 atom stereocenters. The summed E-state index contributed by atoms with van der Waals surface area (Å²) in [5, 5.41) is 13.9. The van der Waals surface area contributed by atoms with E-state index in [4.69, 9.17) is 11.6 Å². The molecule has 0 aliphatic carbocycles. The standard InChI is InChI=1S/C26H22ClN3O/c1-30-17-23(20-11-5-6-13-24(20)30)22(21-12-7-10-19(15-28)26(21)27)14-25(31)29-16-18-8-3-2-4-9-18/h2-13,17,22H,14,16H2,1H3,(H,29,31)/t22-/m1/s1. The Kier molecular flexibility index (Phi) is 6.06. The maximum atomic E-state index is 13.0. The summed E-state index contributed by atoms with van der Waals surface area (Å²) < 4.78 is 2.06. The van der Waals surface area contributed by atoms with E-state index in [2.05, 4.69) is 34.3 Å². The van der Waals surface area contributed by atoms with Gasteiger partial charge in [-0.1, -0.05) is 72.3 Å². The molecular formula is C26H22ClN3O. The largest absolute Gasteiger partial charge is 0.352 e. The van der Waals surface area contributed by atoms with Gasteiger partial charge in [-0.2, -0.15) is 5.26 Å². The lowest BCUT2D eigenvalue weighted by molar-refractivity contribution is -0.121. The number of nitrogens with zero attached hydrogens (tertiary/aromatic N) is 2. The van der Waals surface area contributed by atoms with Crippen molar-refractivity contribution in [3.63, 3.8) is 0 Å². The third-order valence-electron chi connectivity index (χ3n) is 5.55. The molecule has 4 rings (SSSR count). The highest BCUT2D eigenvalue weighted by atomic mass is 35.5. The molecule has 0 unspecified atom stereocenters. The third kappa shape index (κ3) is 4.33. The molecule has 0 bridgehead atoms. The molecule has 1 heterocycles. The van der Waals surface area contributed by atoms with E-state index in [1.54, 1.807) is 6.07 Å². The summed E-state index contributed by atoms with van der Waals surface area (Å²) in [6.45, 7) is 0.466. The van der Waals surface area contributed by atoms with Gasteiger partial charge in [-0.3, -0.25) is 4.79 Å². The van der Waals surface area contributed by atoms with Crippen LogP contribution in [0.15, 0.2) is 79.0 Å². The van der Waals surface area contributed by atoms with Gasteiger partial charge in [0.1, 0.15) is 6.07 Å². The molecule has 31 heavy (non-hydrogen) atoms.